The van der Waals surface area contributed by atoms with Crippen LogP contribution >= 0.6 is 0 Å². The van der Waals surface area contributed by atoms with Crippen LogP contribution in [0.2, 0.25) is 0 Å². The molecule has 1 saturated carbocycles. The van der Waals surface area contributed by atoms with Gasteiger partial charge in [-0.1, -0.05) is 6.07 Å². The molecule has 0 radical (unpaired) electrons. The van der Waals surface area contributed by atoms with E-state index in [1.54, 1.807) is 0 Å². The van der Waals surface area contributed by atoms with Crippen molar-refractivity contribution in [1.82, 2.24) is 10.2 Å². The van der Waals surface area contributed by atoms with Gasteiger partial charge >= 0.3 is 12.5 Å². The van der Waals surface area contributed by atoms with Crippen LogP contribution in [0, 0.1) is 11.8 Å². The number of carbonyl (C=O) groups excluding carboxylic acids is 1. The van der Waals surface area contributed by atoms with E-state index in [0.717, 1.165) is 18.2 Å². The van der Waals surface area contributed by atoms with Gasteiger partial charge in [0.1, 0.15) is 11.8 Å². The van der Waals surface area contributed by atoms with Gasteiger partial charge in [-0.3, -0.25) is 4.79 Å². The predicted octanol–water partition coefficient (Wildman–Crippen LogP) is 3.86. The second-order valence-electron chi connectivity index (χ2n) is 11.4. The van der Waals surface area contributed by atoms with Crippen LogP contribution in [0.5, 0.6) is 5.75 Å². The van der Waals surface area contributed by atoms with E-state index in [-0.39, 0.29) is 30.8 Å². The molecule has 16 heteroatoms. The zero-order valence-corrected chi connectivity index (χ0v) is 24.0. The highest BCUT2D eigenvalue weighted by molar-refractivity contribution is 7.93. The average molecular weight is 635 g/mol. The number of ether oxygens (including phenoxy) is 1. The van der Waals surface area contributed by atoms with E-state index < -0.39 is 90.0 Å². The van der Waals surface area contributed by atoms with Crippen LogP contribution < -0.4 is 10.1 Å². The van der Waals surface area contributed by atoms with Crippen molar-refractivity contribution in [2.75, 3.05) is 19.6 Å². The van der Waals surface area contributed by atoms with Crippen molar-refractivity contribution in [3.8, 4) is 5.75 Å². The van der Waals surface area contributed by atoms with Gasteiger partial charge < -0.3 is 15.0 Å². The third-order valence-corrected chi connectivity index (χ3v) is 13.7. The van der Waals surface area contributed by atoms with Crippen LogP contribution in [0.25, 0.3) is 0 Å². The molecule has 232 valence electrons. The number of sulfone groups is 2. The third kappa shape index (κ3) is 6.63. The Balaban J connectivity index is 1.47. The maximum absolute atomic E-state index is 13.5. The summed E-state index contributed by atoms with van der Waals surface area (Å²) < 4.78 is 134. The first-order chi connectivity index (χ1) is 18.7. The number of alkyl halides is 6. The Hall–Kier alpha value is -2.07. The topological polar surface area (TPSA) is 110 Å². The minimum absolute atomic E-state index is 0.0384. The molecule has 2 saturated heterocycles. The van der Waals surface area contributed by atoms with Crippen molar-refractivity contribution in [1.29, 1.82) is 0 Å². The molecule has 1 amide bonds. The first-order valence-corrected chi connectivity index (χ1v) is 16.3. The summed E-state index contributed by atoms with van der Waals surface area (Å²) >= 11 is 0. The Kier molecular flexibility index (Phi) is 8.46. The van der Waals surface area contributed by atoms with E-state index >= 15 is 0 Å². The quantitative estimate of drug-likeness (QED) is 0.454. The molecule has 4 rings (SSSR count). The van der Waals surface area contributed by atoms with Gasteiger partial charge in [0.2, 0.25) is 5.91 Å². The molecule has 0 spiro atoms. The second-order valence-corrected chi connectivity index (χ2v) is 16.4. The number of carbonyl (C=O) groups is 1. The molecule has 1 N–H and O–H groups in total. The van der Waals surface area contributed by atoms with Crippen LogP contribution in [-0.4, -0.2) is 81.1 Å². The van der Waals surface area contributed by atoms with Gasteiger partial charge in [-0.15, -0.1) is 13.2 Å². The van der Waals surface area contributed by atoms with Gasteiger partial charge in [0.15, 0.2) is 19.7 Å². The standard InChI is InChI=1S/C25H32F6N2O6S2/c1-23(2,41(37,38)19-5-3-4-17(13-19)39-25(29,30)31)15-8-10-33(11-9-15)22(34)21-20(40(35,36)18-6-7-18)12-16(14-32-21)24(26,27)28/h3-5,13,15-16,18,20-21,32H,6-12,14H2,1-2H3. The van der Waals surface area contributed by atoms with Crippen molar-refractivity contribution in [3.63, 3.8) is 0 Å². The molecule has 2 heterocycles. The molecule has 41 heavy (non-hydrogen) atoms. The van der Waals surface area contributed by atoms with Crippen molar-refractivity contribution >= 4 is 25.6 Å². The fraction of sp³-hybridized carbons (Fsp3) is 0.720. The molecule has 3 aliphatic rings. The predicted molar refractivity (Wildman–Crippen MR) is 135 cm³/mol. The molecule has 3 atom stereocenters. The molecule has 1 aromatic rings. The molecule has 8 nitrogen and oxygen atoms in total. The summed E-state index contributed by atoms with van der Waals surface area (Å²) in [6.45, 7) is 2.38. The lowest BCUT2D eigenvalue weighted by molar-refractivity contribution is -0.274. The van der Waals surface area contributed by atoms with Gasteiger partial charge in [0, 0.05) is 19.6 Å². The summed E-state index contributed by atoms with van der Waals surface area (Å²) in [5.41, 5.74) is 0. The van der Waals surface area contributed by atoms with Gasteiger partial charge in [-0.25, -0.2) is 16.8 Å². The Bertz CT molecular complexity index is 1350. The van der Waals surface area contributed by atoms with Gasteiger partial charge in [0.25, 0.3) is 0 Å². The minimum atomic E-state index is -5.00. The largest absolute Gasteiger partial charge is 0.573 e. The fourth-order valence-electron chi connectivity index (χ4n) is 5.72. The number of amides is 1. The maximum Gasteiger partial charge on any atom is 0.573 e. The van der Waals surface area contributed by atoms with Crippen molar-refractivity contribution < 1.29 is 52.7 Å². The maximum atomic E-state index is 13.5. The van der Waals surface area contributed by atoms with E-state index in [1.165, 1.54) is 24.8 Å². The fourth-order valence-corrected chi connectivity index (χ4v) is 9.91. The van der Waals surface area contributed by atoms with Gasteiger partial charge in [0.05, 0.1) is 26.1 Å². The average Bonchev–Trinajstić information content (AvgIpc) is 3.73. The normalized spacial score (nSPS) is 25.7. The van der Waals surface area contributed by atoms with Crippen LogP contribution in [0.1, 0.15) is 46.0 Å². The minimum Gasteiger partial charge on any atom is -0.406 e. The lowest BCUT2D eigenvalue weighted by Crippen LogP contribution is -2.62. The molecule has 3 fully saturated rings. The Labute approximate surface area is 234 Å². The van der Waals surface area contributed by atoms with E-state index in [9.17, 15) is 48.0 Å². The van der Waals surface area contributed by atoms with E-state index in [0.29, 0.717) is 12.8 Å². The highest BCUT2D eigenvalue weighted by Gasteiger charge is 2.54. The van der Waals surface area contributed by atoms with Crippen LogP contribution in [0.15, 0.2) is 29.2 Å². The number of piperidine rings is 2. The smallest absolute Gasteiger partial charge is 0.406 e. The van der Waals surface area contributed by atoms with Crippen molar-refractivity contribution in [2.24, 2.45) is 11.8 Å². The van der Waals surface area contributed by atoms with E-state index in [2.05, 4.69) is 10.1 Å². The lowest BCUT2D eigenvalue weighted by atomic mass is 9.85. The number of rotatable bonds is 7. The molecule has 0 bridgehead atoms. The summed E-state index contributed by atoms with van der Waals surface area (Å²) in [5, 5.41) is 0.261. The number of nitrogens with one attached hydrogen (secondary N) is 1. The second kappa shape index (κ2) is 10.9. The number of hydrogen-bond donors (Lipinski definition) is 1. The lowest BCUT2D eigenvalue weighted by Gasteiger charge is -2.43. The van der Waals surface area contributed by atoms with E-state index in [1.807, 2.05) is 0 Å². The number of likely N-dealkylation sites (tertiary alicyclic amines) is 1. The summed E-state index contributed by atoms with van der Waals surface area (Å²) in [5.74, 6) is -3.75. The molecule has 1 aliphatic carbocycles. The summed E-state index contributed by atoms with van der Waals surface area (Å²) in [7, 11) is -8.16. The van der Waals surface area contributed by atoms with Crippen LogP contribution in [-0.2, 0) is 24.5 Å². The Morgan fingerprint density at radius 3 is 2.10 bits per heavy atom. The number of halogens is 6. The highest BCUT2D eigenvalue weighted by Crippen LogP contribution is 2.42. The van der Waals surface area contributed by atoms with E-state index in [4.69, 9.17) is 0 Å². The molecule has 1 aromatic carbocycles. The molecule has 3 unspecified atom stereocenters. The molecule has 0 aromatic heterocycles. The number of hydrogen-bond acceptors (Lipinski definition) is 7. The Morgan fingerprint density at radius 2 is 1.56 bits per heavy atom. The SMILES string of the molecule is CC(C)(C1CCN(C(=O)C2NCC(C(F)(F)F)CC2S(=O)(=O)C2CC2)CC1)S(=O)(=O)c1cccc(OC(F)(F)F)c1. The van der Waals surface area contributed by atoms with Gasteiger partial charge in [-0.2, -0.15) is 13.2 Å². The molecular weight excluding hydrogens is 602 g/mol. The first-order valence-electron chi connectivity index (χ1n) is 13.2. The van der Waals surface area contributed by atoms with Gasteiger partial charge in [-0.05, 0) is 70.1 Å². The first kappa shape index (κ1) is 31.9. The van der Waals surface area contributed by atoms with Crippen molar-refractivity contribution in [3.05, 3.63) is 24.3 Å². The van der Waals surface area contributed by atoms with Crippen LogP contribution in [0.3, 0.4) is 0 Å². The highest BCUT2D eigenvalue weighted by atomic mass is 32.2. The summed E-state index contributed by atoms with van der Waals surface area (Å²) in [6, 6.07) is 2.74. The zero-order valence-electron chi connectivity index (χ0n) is 22.3. The summed E-state index contributed by atoms with van der Waals surface area (Å²) in [4.78, 5) is 14.4. The van der Waals surface area contributed by atoms with Crippen LogP contribution in [0.4, 0.5) is 26.3 Å². The number of nitrogens with zero attached hydrogens (tertiary/aromatic N) is 1. The Morgan fingerprint density at radius 1 is 0.951 bits per heavy atom. The van der Waals surface area contributed by atoms with Crippen molar-refractivity contribution in [2.45, 2.75) is 84.7 Å². The number of benzene rings is 1. The molecular formula is C25H32F6N2O6S2. The third-order valence-electron chi connectivity index (χ3n) is 8.44. The molecule has 2 aliphatic heterocycles. The zero-order chi connectivity index (χ0) is 30.6. The monoisotopic (exact) mass is 634 g/mol. The summed E-state index contributed by atoms with van der Waals surface area (Å²) in [6.07, 6.45) is -9.29.